The second-order valence-corrected chi connectivity index (χ2v) is 6.68. The number of anilines is 1. The molecule has 0 unspecified atom stereocenters. The van der Waals surface area contributed by atoms with Gasteiger partial charge in [-0.3, -0.25) is 0 Å². The maximum absolute atomic E-state index is 12.2. The average Bonchev–Trinajstić information content (AvgIpc) is 2.88. The number of sulfonamides is 1. The van der Waals surface area contributed by atoms with Gasteiger partial charge in [0.15, 0.2) is 0 Å². The van der Waals surface area contributed by atoms with E-state index in [1.165, 1.54) is 6.20 Å². The zero-order valence-corrected chi connectivity index (χ0v) is 12.4. The van der Waals surface area contributed by atoms with E-state index in [0.29, 0.717) is 17.1 Å². The van der Waals surface area contributed by atoms with E-state index in [2.05, 4.69) is 17.6 Å². The number of H-pyrrole nitrogens is 1. The van der Waals surface area contributed by atoms with Crippen LogP contribution in [0.4, 0.5) is 17.1 Å². The van der Waals surface area contributed by atoms with Crippen LogP contribution in [0.1, 0.15) is 0 Å². The molecule has 9 heteroatoms. The summed E-state index contributed by atoms with van der Waals surface area (Å²) in [5.74, 6) is 0. The molecule has 0 amide bonds. The van der Waals surface area contributed by atoms with Crippen molar-refractivity contribution in [2.45, 2.75) is 4.90 Å². The fraction of sp³-hybridized carbons (Fsp3) is 0. The normalized spacial score (nSPS) is 12.8. The van der Waals surface area contributed by atoms with Crippen LogP contribution < -0.4 is 10.2 Å². The number of hydrogen-bond acceptors (Lipinski definition) is 5. The number of aromatic nitrogens is 1. The van der Waals surface area contributed by atoms with Crippen LogP contribution in [-0.2, 0) is 10.0 Å². The van der Waals surface area contributed by atoms with Crippen molar-refractivity contribution in [3.63, 3.8) is 0 Å². The Bertz CT molecular complexity index is 913. The second kappa shape index (κ2) is 4.86. The molecule has 0 atom stereocenters. The SMILES string of the molecule is O=c1cc[nH]cc1S(=O)(=O)Nc1cccc2c1N=[Se]=N2. The van der Waals surface area contributed by atoms with E-state index in [1.54, 1.807) is 18.2 Å². The number of pyridine rings is 1. The summed E-state index contributed by atoms with van der Waals surface area (Å²) >= 11 is -0.256. The number of fused-ring (bicyclic) bond motifs is 1. The molecule has 0 radical (unpaired) electrons. The molecule has 7 nitrogen and oxygen atoms in total. The quantitative estimate of drug-likeness (QED) is 0.696. The van der Waals surface area contributed by atoms with Crippen molar-refractivity contribution in [2.75, 3.05) is 4.72 Å². The Hall–Kier alpha value is -1.96. The molecule has 0 saturated carbocycles. The van der Waals surface area contributed by atoms with Gasteiger partial charge in [-0.1, -0.05) is 0 Å². The first kappa shape index (κ1) is 13.0. The number of nitrogens with one attached hydrogen (secondary N) is 2. The van der Waals surface area contributed by atoms with Gasteiger partial charge >= 0.3 is 119 Å². The molecule has 2 aromatic rings. The van der Waals surface area contributed by atoms with Crippen LogP contribution in [0.3, 0.4) is 0 Å². The van der Waals surface area contributed by atoms with Crippen molar-refractivity contribution in [2.24, 2.45) is 7.92 Å². The first-order chi connectivity index (χ1) is 9.58. The van der Waals surface area contributed by atoms with Gasteiger partial charge in [0, 0.05) is 0 Å². The van der Waals surface area contributed by atoms with Gasteiger partial charge in [0.05, 0.1) is 0 Å². The molecule has 2 N–H and O–H groups in total. The van der Waals surface area contributed by atoms with Crippen molar-refractivity contribution in [3.8, 4) is 0 Å². The van der Waals surface area contributed by atoms with Crippen molar-refractivity contribution in [1.29, 1.82) is 0 Å². The molecule has 0 aliphatic carbocycles. The molecule has 1 aliphatic heterocycles. The fourth-order valence-corrected chi connectivity index (χ4v) is 3.97. The van der Waals surface area contributed by atoms with Crippen LogP contribution in [0.5, 0.6) is 0 Å². The summed E-state index contributed by atoms with van der Waals surface area (Å²) in [6, 6.07) is 6.20. The Balaban J connectivity index is 2.05. The van der Waals surface area contributed by atoms with E-state index in [4.69, 9.17) is 0 Å². The first-order valence-electron chi connectivity index (χ1n) is 5.49. The zero-order chi connectivity index (χ0) is 14.2. The maximum atomic E-state index is 12.2. The fourth-order valence-electron chi connectivity index (χ4n) is 1.70. The summed E-state index contributed by atoms with van der Waals surface area (Å²) in [7, 11) is -3.95. The van der Waals surface area contributed by atoms with E-state index in [-0.39, 0.29) is 19.5 Å². The summed E-state index contributed by atoms with van der Waals surface area (Å²) in [6.45, 7) is 0. The number of rotatable bonds is 3. The summed E-state index contributed by atoms with van der Waals surface area (Å²) in [5.41, 5.74) is 0.930. The van der Waals surface area contributed by atoms with Crippen LogP contribution in [0, 0.1) is 0 Å². The van der Waals surface area contributed by atoms with Crippen LogP contribution in [0.25, 0.3) is 0 Å². The van der Waals surface area contributed by atoms with Crippen LogP contribution in [0.15, 0.2) is 54.3 Å². The summed E-state index contributed by atoms with van der Waals surface area (Å²) < 4.78 is 35.2. The van der Waals surface area contributed by atoms with Gasteiger partial charge in [-0.05, 0) is 0 Å². The van der Waals surface area contributed by atoms with E-state index in [0.717, 1.165) is 12.3 Å². The molecule has 2 heterocycles. The molecular formula is C11H8N4O3SSe. The van der Waals surface area contributed by atoms with Gasteiger partial charge in [0.2, 0.25) is 0 Å². The predicted molar refractivity (Wildman–Crippen MR) is 74.2 cm³/mol. The minimum atomic E-state index is -3.95. The van der Waals surface area contributed by atoms with E-state index in [1.807, 2.05) is 0 Å². The van der Waals surface area contributed by atoms with E-state index < -0.39 is 15.5 Å². The standard InChI is InChI=1S/C11H8N4O3SSe/c16-9-4-5-12-6-10(9)19(17,18)13-7-2-1-3-8-11(7)15-20-14-8/h1-6,13H,(H,12,16). The molecule has 0 bridgehead atoms. The van der Waals surface area contributed by atoms with Crippen molar-refractivity contribution >= 4 is 41.7 Å². The number of benzene rings is 1. The van der Waals surface area contributed by atoms with Gasteiger partial charge in [0.25, 0.3) is 0 Å². The van der Waals surface area contributed by atoms with Gasteiger partial charge in [-0.2, -0.15) is 0 Å². The third kappa shape index (κ3) is 2.26. The van der Waals surface area contributed by atoms with E-state index in [9.17, 15) is 13.2 Å². The molecule has 3 rings (SSSR count). The molecule has 1 aromatic heterocycles. The van der Waals surface area contributed by atoms with E-state index >= 15 is 0 Å². The molecule has 102 valence electrons. The number of nitrogens with zero attached hydrogens (tertiary/aromatic N) is 2. The third-order valence-electron chi connectivity index (χ3n) is 2.61. The Kier molecular flexibility index (Phi) is 3.17. The first-order valence-corrected chi connectivity index (χ1v) is 8.51. The molecule has 0 fully saturated rings. The van der Waals surface area contributed by atoms with Crippen LogP contribution in [-0.4, -0.2) is 28.0 Å². The molecule has 1 aliphatic rings. The zero-order valence-electron chi connectivity index (χ0n) is 9.90. The molecule has 0 spiro atoms. The van der Waals surface area contributed by atoms with Gasteiger partial charge in [-0.15, -0.1) is 0 Å². The third-order valence-corrected chi connectivity index (χ3v) is 5.13. The Morgan fingerprint density at radius 2 is 2.05 bits per heavy atom. The number of aromatic amines is 1. The molecule has 20 heavy (non-hydrogen) atoms. The Morgan fingerprint density at radius 3 is 2.85 bits per heavy atom. The molecular weight excluding hydrogens is 347 g/mol. The van der Waals surface area contributed by atoms with Gasteiger partial charge < -0.3 is 0 Å². The predicted octanol–water partition coefficient (Wildman–Crippen LogP) is 1.52. The Morgan fingerprint density at radius 1 is 1.20 bits per heavy atom. The summed E-state index contributed by atoms with van der Waals surface area (Å²) in [6.07, 6.45) is 2.53. The average molecular weight is 355 g/mol. The summed E-state index contributed by atoms with van der Waals surface area (Å²) in [5, 5.41) is 0. The molecule has 1 aromatic carbocycles. The minimum absolute atomic E-state index is 0.256. The number of hydrogen-bond donors (Lipinski definition) is 2. The van der Waals surface area contributed by atoms with Crippen molar-refractivity contribution < 1.29 is 8.42 Å². The van der Waals surface area contributed by atoms with Crippen molar-refractivity contribution in [3.05, 3.63) is 46.9 Å². The monoisotopic (exact) mass is 356 g/mol. The van der Waals surface area contributed by atoms with Gasteiger partial charge in [-0.25, -0.2) is 0 Å². The second-order valence-electron chi connectivity index (χ2n) is 3.92. The topological polar surface area (TPSA) is 104 Å². The van der Waals surface area contributed by atoms with Crippen LogP contribution in [0.2, 0.25) is 0 Å². The Labute approximate surface area is 119 Å². The van der Waals surface area contributed by atoms with Crippen molar-refractivity contribution in [1.82, 2.24) is 4.98 Å². The summed E-state index contributed by atoms with van der Waals surface area (Å²) in [4.78, 5) is 13.9. The molecule has 0 saturated heterocycles. The van der Waals surface area contributed by atoms with Crippen LogP contribution >= 0.6 is 0 Å². The van der Waals surface area contributed by atoms with Gasteiger partial charge in [0.1, 0.15) is 0 Å².